The van der Waals surface area contributed by atoms with Gasteiger partial charge in [0.2, 0.25) is 0 Å². The van der Waals surface area contributed by atoms with Gasteiger partial charge in [0.05, 0.1) is 31.3 Å². The minimum absolute atomic E-state index is 0.0472. The molecule has 0 radical (unpaired) electrons. The van der Waals surface area contributed by atoms with Gasteiger partial charge in [-0.25, -0.2) is 4.79 Å². The molecule has 0 aromatic carbocycles. The SMILES string of the molecule is CCSC(C)[C@H](N)C(OC(C)C)C(=O)NC(C)(CC(=O)O)OCCCSCC[C@@H](N)C(OC(C)C)C(=O)O. The number of hydrogen-bond donors (Lipinski definition) is 5. The van der Waals surface area contributed by atoms with Crippen LogP contribution in [-0.4, -0.2) is 99.4 Å². The molecule has 1 amide bonds. The third-order valence-corrected chi connectivity index (χ3v) is 7.65. The molecule has 13 heteroatoms. The summed E-state index contributed by atoms with van der Waals surface area (Å²) in [5.74, 6) is -0.560. The number of thioether (sulfide) groups is 2. The van der Waals surface area contributed by atoms with Gasteiger partial charge in [-0.15, -0.1) is 0 Å². The van der Waals surface area contributed by atoms with Crippen LogP contribution in [0, 0.1) is 0 Å². The maximum absolute atomic E-state index is 13.2. The first-order chi connectivity index (χ1) is 17.6. The minimum Gasteiger partial charge on any atom is -0.481 e. The van der Waals surface area contributed by atoms with Crippen LogP contribution < -0.4 is 16.8 Å². The van der Waals surface area contributed by atoms with E-state index in [-0.39, 0.29) is 24.1 Å². The van der Waals surface area contributed by atoms with E-state index in [0.29, 0.717) is 24.3 Å². The molecule has 0 rings (SSSR count). The molecule has 0 heterocycles. The summed E-state index contributed by atoms with van der Waals surface area (Å²) < 4.78 is 17.1. The van der Waals surface area contributed by atoms with Crippen LogP contribution >= 0.6 is 23.5 Å². The fourth-order valence-corrected chi connectivity index (χ4v) is 5.41. The fourth-order valence-electron chi connectivity index (χ4n) is 3.56. The zero-order valence-corrected chi connectivity index (χ0v) is 25.4. The molecule has 0 aliphatic carbocycles. The second kappa shape index (κ2) is 19.1. The van der Waals surface area contributed by atoms with Crippen molar-refractivity contribution in [1.29, 1.82) is 0 Å². The molecule has 7 N–H and O–H groups in total. The normalized spacial score (nSPS) is 17.4. The van der Waals surface area contributed by atoms with Gasteiger partial charge in [-0.3, -0.25) is 9.59 Å². The fraction of sp³-hybridized carbons (Fsp3) is 0.880. The van der Waals surface area contributed by atoms with E-state index in [1.165, 1.54) is 6.92 Å². The molecule has 0 spiro atoms. The van der Waals surface area contributed by atoms with Crippen molar-refractivity contribution in [3.8, 4) is 0 Å². The van der Waals surface area contributed by atoms with Crippen LogP contribution in [0.3, 0.4) is 0 Å². The van der Waals surface area contributed by atoms with E-state index in [1.807, 2.05) is 13.8 Å². The summed E-state index contributed by atoms with van der Waals surface area (Å²) in [7, 11) is 0. The van der Waals surface area contributed by atoms with Crippen LogP contribution in [0.5, 0.6) is 0 Å². The van der Waals surface area contributed by atoms with Gasteiger partial charge >= 0.3 is 11.9 Å². The molecule has 0 fully saturated rings. The van der Waals surface area contributed by atoms with Gasteiger partial charge in [0.25, 0.3) is 5.91 Å². The number of nitrogens with one attached hydrogen (secondary N) is 1. The number of amides is 1. The van der Waals surface area contributed by atoms with Crippen LogP contribution in [0.1, 0.15) is 67.7 Å². The first kappa shape index (κ1) is 36.9. The van der Waals surface area contributed by atoms with E-state index in [9.17, 15) is 24.6 Å². The molecular weight excluding hydrogens is 534 g/mol. The Morgan fingerprint density at radius 2 is 1.55 bits per heavy atom. The Hall–Kier alpha value is -1.09. The third-order valence-electron chi connectivity index (χ3n) is 5.37. The number of hydrogen-bond acceptors (Lipinski definition) is 10. The summed E-state index contributed by atoms with van der Waals surface area (Å²) in [5, 5.41) is 21.4. The Morgan fingerprint density at radius 3 is 2.05 bits per heavy atom. The lowest BCUT2D eigenvalue weighted by molar-refractivity contribution is -0.156. The van der Waals surface area contributed by atoms with Crippen LogP contribution in [0.4, 0.5) is 0 Å². The molecule has 4 unspecified atom stereocenters. The lowest BCUT2D eigenvalue weighted by Crippen LogP contribution is -2.59. The Morgan fingerprint density at radius 1 is 0.974 bits per heavy atom. The highest BCUT2D eigenvalue weighted by Crippen LogP contribution is 2.20. The van der Waals surface area contributed by atoms with Crippen molar-refractivity contribution in [2.75, 3.05) is 23.9 Å². The Kier molecular flexibility index (Phi) is 18.5. The molecular formula is C25H49N3O8S2. The van der Waals surface area contributed by atoms with Crippen LogP contribution in [0.15, 0.2) is 0 Å². The molecule has 0 aliphatic rings. The second-order valence-corrected chi connectivity index (χ2v) is 12.7. The molecule has 38 heavy (non-hydrogen) atoms. The van der Waals surface area contributed by atoms with Gasteiger partial charge in [-0.1, -0.05) is 13.8 Å². The quantitative estimate of drug-likeness (QED) is 0.0927. The maximum Gasteiger partial charge on any atom is 0.334 e. The highest BCUT2D eigenvalue weighted by molar-refractivity contribution is 7.99. The third kappa shape index (κ3) is 15.5. The predicted octanol–water partition coefficient (Wildman–Crippen LogP) is 2.29. The molecule has 0 bridgehead atoms. The van der Waals surface area contributed by atoms with Crippen molar-refractivity contribution in [1.82, 2.24) is 5.32 Å². The summed E-state index contributed by atoms with van der Waals surface area (Å²) in [6, 6.07) is -1.22. The smallest absolute Gasteiger partial charge is 0.334 e. The van der Waals surface area contributed by atoms with Crippen molar-refractivity contribution < 1.29 is 38.8 Å². The van der Waals surface area contributed by atoms with Crippen LogP contribution in [0.25, 0.3) is 0 Å². The van der Waals surface area contributed by atoms with E-state index in [0.717, 1.165) is 5.75 Å². The summed E-state index contributed by atoms with van der Waals surface area (Å²) in [6.45, 7) is 12.8. The number of aliphatic carboxylic acids is 2. The number of carboxylic acids is 2. The zero-order valence-electron chi connectivity index (χ0n) is 23.8. The van der Waals surface area contributed by atoms with Gasteiger partial charge in [-0.2, -0.15) is 23.5 Å². The van der Waals surface area contributed by atoms with Gasteiger partial charge < -0.3 is 41.2 Å². The summed E-state index contributed by atoms with van der Waals surface area (Å²) in [4.78, 5) is 36.1. The van der Waals surface area contributed by atoms with E-state index < -0.39 is 54.3 Å². The molecule has 224 valence electrons. The van der Waals surface area contributed by atoms with Crippen molar-refractivity contribution in [2.45, 2.75) is 115 Å². The zero-order chi connectivity index (χ0) is 29.5. The van der Waals surface area contributed by atoms with Crippen LogP contribution in [-0.2, 0) is 28.6 Å². The van der Waals surface area contributed by atoms with E-state index in [2.05, 4.69) is 5.32 Å². The molecule has 0 aliphatic heterocycles. The molecule has 0 saturated carbocycles. The molecule has 11 nitrogen and oxygen atoms in total. The standard InChI is InChI=1S/C25H49N3O8S2/c1-8-38-17(6)20(27)22(36-16(4)5)23(31)28-25(7,14-19(29)30)34-11-9-12-37-13-10-18(26)21(24(32)33)35-15(2)3/h15-18,20-22H,8-14,26-27H2,1-7H3,(H,28,31)(H,29,30)(H,32,33)/t17?,18-,20+,21?,22?,25?/m1/s1. The van der Waals surface area contributed by atoms with Gasteiger partial charge in [0.15, 0.2) is 12.2 Å². The summed E-state index contributed by atoms with van der Waals surface area (Å²) in [5.41, 5.74) is 10.9. The number of carboxylic acid groups (broad SMARTS) is 2. The topological polar surface area (TPSA) is 183 Å². The monoisotopic (exact) mass is 583 g/mol. The average molecular weight is 584 g/mol. The van der Waals surface area contributed by atoms with E-state index in [1.54, 1.807) is 51.2 Å². The molecule has 6 atom stereocenters. The number of nitrogens with two attached hydrogens (primary N) is 2. The number of rotatable bonds is 22. The minimum atomic E-state index is -1.45. The second-order valence-electron chi connectivity index (χ2n) is 9.84. The Labute approximate surface area is 235 Å². The predicted molar refractivity (Wildman–Crippen MR) is 153 cm³/mol. The van der Waals surface area contributed by atoms with Gasteiger partial charge in [0, 0.05) is 11.3 Å². The highest BCUT2D eigenvalue weighted by Gasteiger charge is 2.37. The highest BCUT2D eigenvalue weighted by atomic mass is 32.2. The van der Waals surface area contributed by atoms with E-state index in [4.69, 9.17) is 25.7 Å². The maximum atomic E-state index is 13.2. The van der Waals surface area contributed by atoms with Gasteiger partial charge in [-0.05, 0) is 64.7 Å². The molecule has 0 aromatic heterocycles. The molecule has 0 aromatic rings. The largest absolute Gasteiger partial charge is 0.481 e. The first-order valence-electron chi connectivity index (χ1n) is 13.1. The number of carbonyl (C=O) groups excluding carboxylic acids is 1. The Balaban J connectivity index is 4.91. The van der Waals surface area contributed by atoms with Crippen molar-refractivity contribution >= 4 is 41.4 Å². The lowest BCUT2D eigenvalue weighted by atomic mass is 10.1. The van der Waals surface area contributed by atoms with E-state index >= 15 is 0 Å². The summed E-state index contributed by atoms with van der Waals surface area (Å²) in [6.07, 6.45) is -1.89. The summed E-state index contributed by atoms with van der Waals surface area (Å²) >= 11 is 3.19. The van der Waals surface area contributed by atoms with Crippen molar-refractivity contribution in [2.24, 2.45) is 11.5 Å². The Bertz CT molecular complexity index is 716. The van der Waals surface area contributed by atoms with Crippen molar-refractivity contribution in [3.63, 3.8) is 0 Å². The van der Waals surface area contributed by atoms with Crippen molar-refractivity contribution in [3.05, 3.63) is 0 Å². The van der Waals surface area contributed by atoms with Gasteiger partial charge in [0.1, 0.15) is 5.72 Å². The molecule has 0 saturated heterocycles. The lowest BCUT2D eigenvalue weighted by Gasteiger charge is -2.34. The first-order valence-corrected chi connectivity index (χ1v) is 15.3. The average Bonchev–Trinajstić information content (AvgIpc) is 2.78. The van der Waals surface area contributed by atoms with Crippen LogP contribution in [0.2, 0.25) is 0 Å². The number of carbonyl (C=O) groups is 3. The number of ether oxygens (including phenoxy) is 3.